The van der Waals surface area contributed by atoms with Gasteiger partial charge < -0.3 is 9.05 Å². The van der Waals surface area contributed by atoms with Crippen molar-refractivity contribution in [2.75, 3.05) is 19.4 Å². The van der Waals surface area contributed by atoms with E-state index in [0.29, 0.717) is 32.1 Å². The van der Waals surface area contributed by atoms with Crippen LogP contribution in [-0.2, 0) is 86.5 Å². The van der Waals surface area contributed by atoms with Crippen molar-refractivity contribution in [2.45, 2.75) is 143 Å². The smallest absolute Gasteiger partial charge is 0.309 e. The molecule has 0 aliphatic heterocycles. The van der Waals surface area contributed by atoms with Crippen molar-refractivity contribution in [3.63, 3.8) is 0 Å². The van der Waals surface area contributed by atoms with Crippen molar-refractivity contribution in [3.05, 3.63) is 0 Å². The van der Waals surface area contributed by atoms with Gasteiger partial charge in [0.2, 0.25) is 0 Å². The summed E-state index contributed by atoms with van der Waals surface area (Å²) < 4.78 is 25.0. The Kier molecular flexibility index (Phi) is 22.9. The van der Waals surface area contributed by atoms with Gasteiger partial charge in [0.25, 0.3) is 0 Å². The number of carbonyl (C=O) groups excluding carboxylic acids is 5. The maximum atomic E-state index is 14.0. The summed E-state index contributed by atoms with van der Waals surface area (Å²) in [6.45, 7) is 11.6. The standard InChI is InChI=1S/C31H53O18P/c1-8-15-22(32)40-45-27-21(20-50(37,38-13-6)39-14-7)28(46-41-23(33)16-9-2)30(48-43-25(35)18-11-4)31(49-44-26(36)19-12-5)29(27)47-42-24(34)17-10-3/h21,27-31H,8-20H2,1-7H3/t21?,27-,28+,29-,30-,31?/m1/s1. The molecule has 290 valence electrons. The van der Waals surface area contributed by atoms with E-state index in [9.17, 15) is 28.5 Å². The molecule has 0 aromatic rings. The molecule has 1 fully saturated rings. The van der Waals surface area contributed by atoms with Crippen molar-refractivity contribution in [1.29, 1.82) is 0 Å². The summed E-state index contributed by atoms with van der Waals surface area (Å²) in [6.07, 6.45) is -7.80. The maximum Gasteiger partial charge on any atom is 0.342 e. The SMILES string of the molecule is CCCC(=O)OOC1[C@H](OOC(=O)CCC)[C@H](OOC(=O)CCC)C(CP(=O)(OCC)OCC)[C@H](OOC(=O)CCC)[C@H]1OOC(=O)CCC. The summed E-state index contributed by atoms with van der Waals surface area (Å²) in [5.41, 5.74) is 0. The zero-order chi connectivity index (χ0) is 37.5. The minimum absolute atomic E-state index is 0.0692. The van der Waals surface area contributed by atoms with Crippen LogP contribution in [0.3, 0.4) is 0 Å². The van der Waals surface area contributed by atoms with E-state index in [4.69, 9.17) is 57.9 Å². The molecule has 0 saturated heterocycles. The van der Waals surface area contributed by atoms with Crippen LogP contribution >= 0.6 is 7.60 Å². The fraction of sp³-hybridized carbons (Fsp3) is 0.839. The minimum Gasteiger partial charge on any atom is -0.309 e. The van der Waals surface area contributed by atoms with Crippen molar-refractivity contribution in [1.82, 2.24) is 0 Å². The lowest BCUT2D eigenvalue weighted by atomic mass is 9.79. The van der Waals surface area contributed by atoms with Crippen molar-refractivity contribution >= 4 is 37.4 Å². The Bertz CT molecular complexity index is 1020. The lowest BCUT2D eigenvalue weighted by molar-refractivity contribution is -0.465. The third kappa shape index (κ3) is 16.1. The molecule has 0 radical (unpaired) electrons. The summed E-state index contributed by atoms with van der Waals surface area (Å²) in [5.74, 6) is -5.58. The molecule has 1 aliphatic carbocycles. The predicted molar refractivity (Wildman–Crippen MR) is 169 cm³/mol. The second-order valence-electron chi connectivity index (χ2n) is 11.1. The monoisotopic (exact) mass is 744 g/mol. The predicted octanol–water partition coefficient (Wildman–Crippen LogP) is 5.10. The lowest BCUT2D eigenvalue weighted by Gasteiger charge is -2.45. The first-order valence-corrected chi connectivity index (χ1v) is 18.8. The van der Waals surface area contributed by atoms with Crippen LogP contribution in [0.5, 0.6) is 0 Å². The molecule has 0 aromatic carbocycles. The average Bonchev–Trinajstić information content (AvgIpc) is 3.05. The highest BCUT2D eigenvalue weighted by Gasteiger charge is 2.61. The first kappa shape index (κ1) is 45.3. The van der Waals surface area contributed by atoms with Gasteiger partial charge in [-0.2, -0.15) is 24.4 Å². The largest absolute Gasteiger partial charge is 0.342 e. The van der Waals surface area contributed by atoms with E-state index in [-0.39, 0.29) is 45.3 Å². The number of rotatable bonds is 26. The van der Waals surface area contributed by atoms with E-state index in [2.05, 4.69) is 0 Å². The summed E-state index contributed by atoms with van der Waals surface area (Å²) in [4.78, 5) is 115. The van der Waals surface area contributed by atoms with Gasteiger partial charge in [-0.3, -0.25) is 29.0 Å². The second-order valence-corrected chi connectivity index (χ2v) is 13.2. The van der Waals surface area contributed by atoms with E-state index in [0.717, 1.165) is 0 Å². The molecule has 0 bridgehead atoms. The minimum atomic E-state index is -4.09. The Morgan fingerprint density at radius 1 is 0.420 bits per heavy atom. The Balaban J connectivity index is 3.99. The van der Waals surface area contributed by atoms with Gasteiger partial charge in [0.1, 0.15) is 12.2 Å². The third-order valence-corrected chi connectivity index (χ3v) is 8.93. The van der Waals surface area contributed by atoms with E-state index in [1.54, 1.807) is 48.5 Å². The first-order chi connectivity index (χ1) is 23.9. The van der Waals surface area contributed by atoms with Crippen LogP contribution < -0.4 is 0 Å². The van der Waals surface area contributed by atoms with Crippen LogP contribution in [0.25, 0.3) is 0 Å². The molecule has 1 saturated carbocycles. The Labute approximate surface area is 292 Å². The van der Waals surface area contributed by atoms with E-state index in [1.807, 2.05) is 0 Å². The molecule has 2 unspecified atom stereocenters. The van der Waals surface area contributed by atoms with Crippen molar-refractivity contribution in [2.24, 2.45) is 5.92 Å². The fourth-order valence-electron chi connectivity index (χ4n) is 4.59. The summed E-state index contributed by atoms with van der Waals surface area (Å²) in [5, 5.41) is 0. The van der Waals surface area contributed by atoms with Crippen LogP contribution in [0.1, 0.15) is 113 Å². The Hall–Kier alpha value is -2.70. The average molecular weight is 745 g/mol. The Morgan fingerprint density at radius 3 is 0.900 bits per heavy atom. The van der Waals surface area contributed by atoms with Crippen LogP contribution in [0, 0.1) is 5.92 Å². The molecule has 0 N–H and O–H groups in total. The highest BCUT2D eigenvalue weighted by Crippen LogP contribution is 2.53. The number of hydrogen-bond acceptors (Lipinski definition) is 18. The summed E-state index contributed by atoms with van der Waals surface area (Å²) >= 11 is 0. The van der Waals surface area contributed by atoms with Gasteiger partial charge in [-0.15, -0.1) is 0 Å². The van der Waals surface area contributed by atoms with E-state index >= 15 is 0 Å². The normalized spacial score (nSPS) is 22.0. The molecule has 0 aromatic heterocycles. The van der Waals surface area contributed by atoms with Gasteiger partial charge >= 0.3 is 37.4 Å². The molecule has 50 heavy (non-hydrogen) atoms. The topological polar surface area (TPSA) is 213 Å². The van der Waals surface area contributed by atoms with Gasteiger partial charge in [0.05, 0.1) is 19.4 Å². The molecule has 1 aliphatic rings. The fourth-order valence-corrected chi connectivity index (χ4v) is 6.60. The zero-order valence-corrected chi connectivity index (χ0v) is 30.8. The second kappa shape index (κ2) is 25.3. The molecular weight excluding hydrogens is 691 g/mol. The lowest BCUT2D eigenvalue weighted by Crippen LogP contribution is -2.65. The molecule has 0 spiro atoms. The molecule has 1 rings (SSSR count). The molecule has 18 nitrogen and oxygen atoms in total. The van der Waals surface area contributed by atoms with Gasteiger partial charge in [-0.05, 0) is 46.0 Å². The van der Waals surface area contributed by atoms with Crippen molar-refractivity contribution in [3.8, 4) is 0 Å². The molecular formula is C31H53O18P. The zero-order valence-electron chi connectivity index (χ0n) is 30.0. The van der Waals surface area contributed by atoms with Gasteiger partial charge in [0, 0.05) is 38.0 Å². The van der Waals surface area contributed by atoms with Gasteiger partial charge in [0.15, 0.2) is 18.3 Å². The maximum absolute atomic E-state index is 14.0. The number of carbonyl (C=O) groups is 5. The summed E-state index contributed by atoms with van der Waals surface area (Å²) in [6, 6.07) is 0. The molecule has 19 heteroatoms. The van der Waals surface area contributed by atoms with Gasteiger partial charge in [-0.1, -0.05) is 34.6 Å². The van der Waals surface area contributed by atoms with Crippen molar-refractivity contribution < 1.29 is 86.5 Å². The number of hydrogen-bond donors (Lipinski definition) is 0. The van der Waals surface area contributed by atoms with Crippen LogP contribution in [0.2, 0.25) is 0 Å². The van der Waals surface area contributed by atoms with Crippen LogP contribution in [0.15, 0.2) is 0 Å². The molecule has 0 heterocycles. The highest BCUT2D eigenvalue weighted by atomic mass is 31.2. The third-order valence-electron chi connectivity index (χ3n) is 6.76. The highest BCUT2D eigenvalue weighted by molar-refractivity contribution is 7.53. The van der Waals surface area contributed by atoms with Crippen LogP contribution in [0.4, 0.5) is 0 Å². The van der Waals surface area contributed by atoms with Gasteiger partial charge in [-0.25, -0.2) is 24.0 Å². The van der Waals surface area contributed by atoms with E-state index in [1.165, 1.54) is 0 Å². The Morgan fingerprint density at radius 2 is 0.660 bits per heavy atom. The first-order valence-electron chi connectivity index (χ1n) is 17.1. The molecule has 6 atom stereocenters. The van der Waals surface area contributed by atoms with E-state index < -0.39 is 80.0 Å². The quantitative estimate of drug-likeness (QED) is 0.0640. The molecule has 0 amide bonds. The van der Waals surface area contributed by atoms with Crippen LogP contribution in [-0.4, -0.2) is 79.7 Å². The summed E-state index contributed by atoms with van der Waals surface area (Å²) in [7, 11) is -4.09.